The van der Waals surface area contributed by atoms with Crippen LogP contribution < -0.4 is 16.0 Å². The minimum absolute atomic E-state index is 0.160. The SMILES string of the molecule is CNC(=O)c1ccccc1-c1ccc(N2CCCC(OC(N)=O)C2=O)cc1. The molecule has 2 aromatic rings. The molecule has 3 amide bonds. The summed E-state index contributed by atoms with van der Waals surface area (Å²) >= 11 is 0. The number of benzene rings is 2. The molecule has 3 N–H and O–H groups in total. The average Bonchev–Trinajstić information content (AvgIpc) is 2.69. The first kappa shape index (κ1) is 18.4. The maximum atomic E-state index is 12.5. The van der Waals surface area contributed by atoms with Crippen molar-refractivity contribution >= 4 is 23.6 Å². The fourth-order valence-electron chi connectivity index (χ4n) is 3.24. The molecule has 1 fully saturated rings. The Kier molecular flexibility index (Phi) is 5.40. The highest BCUT2D eigenvalue weighted by Gasteiger charge is 2.32. The summed E-state index contributed by atoms with van der Waals surface area (Å²) in [5.74, 6) is -0.439. The molecule has 0 saturated carbocycles. The third kappa shape index (κ3) is 3.92. The number of amides is 3. The van der Waals surface area contributed by atoms with E-state index in [0.717, 1.165) is 11.1 Å². The number of ether oxygens (including phenoxy) is 1. The van der Waals surface area contributed by atoms with Gasteiger partial charge in [-0.3, -0.25) is 9.59 Å². The van der Waals surface area contributed by atoms with Gasteiger partial charge >= 0.3 is 6.09 Å². The number of nitrogens with one attached hydrogen (secondary N) is 1. The molecule has 1 aliphatic heterocycles. The van der Waals surface area contributed by atoms with Crippen molar-refractivity contribution in [3.63, 3.8) is 0 Å². The molecule has 1 aliphatic rings. The zero-order valence-electron chi connectivity index (χ0n) is 15.0. The second kappa shape index (κ2) is 7.90. The Hall–Kier alpha value is -3.35. The number of primary amides is 1. The monoisotopic (exact) mass is 367 g/mol. The number of carbonyl (C=O) groups is 3. The van der Waals surface area contributed by atoms with E-state index in [2.05, 4.69) is 5.32 Å². The molecule has 27 heavy (non-hydrogen) atoms. The van der Waals surface area contributed by atoms with Crippen molar-refractivity contribution in [1.29, 1.82) is 0 Å². The van der Waals surface area contributed by atoms with Crippen LogP contribution in [0.4, 0.5) is 10.5 Å². The second-order valence-corrected chi connectivity index (χ2v) is 6.23. The molecule has 1 unspecified atom stereocenters. The summed E-state index contributed by atoms with van der Waals surface area (Å²) in [6, 6.07) is 14.7. The molecule has 140 valence electrons. The normalized spacial score (nSPS) is 16.7. The van der Waals surface area contributed by atoms with Gasteiger partial charge in [0.25, 0.3) is 11.8 Å². The summed E-state index contributed by atoms with van der Waals surface area (Å²) in [4.78, 5) is 37.2. The van der Waals surface area contributed by atoms with E-state index in [0.29, 0.717) is 30.6 Å². The Bertz CT molecular complexity index is 864. The van der Waals surface area contributed by atoms with Gasteiger partial charge in [0.05, 0.1) is 0 Å². The van der Waals surface area contributed by atoms with Gasteiger partial charge in [-0.05, 0) is 42.2 Å². The largest absolute Gasteiger partial charge is 0.436 e. The van der Waals surface area contributed by atoms with Crippen LogP contribution in [-0.4, -0.2) is 37.6 Å². The molecular formula is C20H21N3O4. The van der Waals surface area contributed by atoms with Gasteiger partial charge in [-0.15, -0.1) is 0 Å². The van der Waals surface area contributed by atoms with E-state index < -0.39 is 12.2 Å². The Morgan fingerprint density at radius 3 is 2.52 bits per heavy atom. The number of anilines is 1. The first-order valence-corrected chi connectivity index (χ1v) is 8.70. The van der Waals surface area contributed by atoms with Crippen LogP contribution in [0.2, 0.25) is 0 Å². The van der Waals surface area contributed by atoms with Gasteiger partial charge in [0.1, 0.15) is 0 Å². The predicted molar refractivity (Wildman–Crippen MR) is 101 cm³/mol. The Labute approximate surface area is 157 Å². The van der Waals surface area contributed by atoms with E-state index in [4.69, 9.17) is 10.5 Å². The molecule has 1 atom stereocenters. The molecule has 7 nitrogen and oxygen atoms in total. The lowest BCUT2D eigenvalue weighted by Crippen LogP contribution is -2.46. The minimum atomic E-state index is -0.948. The van der Waals surface area contributed by atoms with Crippen LogP contribution in [0.25, 0.3) is 11.1 Å². The van der Waals surface area contributed by atoms with Crippen LogP contribution in [0.15, 0.2) is 48.5 Å². The number of nitrogens with zero attached hydrogens (tertiary/aromatic N) is 1. The molecule has 7 heteroatoms. The van der Waals surface area contributed by atoms with Crippen LogP contribution in [0.3, 0.4) is 0 Å². The van der Waals surface area contributed by atoms with Gasteiger partial charge in [0, 0.05) is 24.8 Å². The summed E-state index contributed by atoms with van der Waals surface area (Å²) in [6.07, 6.45) is -0.609. The number of hydrogen-bond donors (Lipinski definition) is 2. The third-order valence-electron chi connectivity index (χ3n) is 4.54. The van der Waals surface area contributed by atoms with Gasteiger partial charge in [0.2, 0.25) is 0 Å². The standard InChI is InChI=1S/C20H21N3O4/c1-22-18(24)16-6-3-2-5-15(16)13-8-10-14(11-9-13)23-12-4-7-17(19(23)25)27-20(21)26/h2-3,5-6,8-11,17H,4,7,12H2,1H3,(H2,21,26)(H,22,24). The van der Waals surface area contributed by atoms with E-state index in [9.17, 15) is 14.4 Å². The highest BCUT2D eigenvalue weighted by Crippen LogP contribution is 2.28. The van der Waals surface area contributed by atoms with Crippen molar-refractivity contribution in [2.75, 3.05) is 18.5 Å². The Balaban J connectivity index is 1.85. The molecule has 0 radical (unpaired) electrons. The van der Waals surface area contributed by atoms with Crippen LogP contribution in [-0.2, 0) is 9.53 Å². The minimum Gasteiger partial charge on any atom is -0.436 e. The Morgan fingerprint density at radius 2 is 1.85 bits per heavy atom. The van der Waals surface area contributed by atoms with Crippen LogP contribution in [0.5, 0.6) is 0 Å². The summed E-state index contributed by atoms with van der Waals surface area (Å²) in [7, 11) is 1.59. The maximum absolute atomic E-state index is 12.5. The van der Waals surface area contributed by atoms with E-state index in [1.165, 1.54) is 0 Å². The quantitative estimate of drug-likeness (QED) is 0.866. The summed E-state index contributed by atoms with van der Waals surface area (Å²) in [5.41, 5.74) is 8.00. The molecule has 2 aromatic carbocycles. The van der Waals surface area contributed by atoms with Gasteiger partial charge in [-0.1, -0.05) is 30.3 Å². The fraction of sp³-hybridized carbons (Fsp3) is 0.250. The number of piperidine rings is 1. The fourth-order valence-corrected chi connectivity index (χ4v) is 3.24. The topological polar surface area (TPSA) is 102 Å². The van der Waals surface area contributed by atoms with Gasteiger partial charge in [-0.25, -0.2) is 4.79 Å². The number of rotatable bonds is 4. The highest BCUT2D eigenvalue weighted by molar-refractivity contribution is 6.01. The van der Waals surface area contributed by atoms with E-state index >= 15 is 0 Å². The summed E-state index contributed by atoms with van der Waals surface area (Å²) < 4.78 is 4.91. The van der Waals surface area contributed by atoms with Crippen molar-refractivity contribution in [3.05, 3.63) is 54.1 Å². The van der Waals surface area contributed by atoms with E-state index in [1.54, 1.807) is 18.0 Å². The zero-order chi connectivity index (χ0) is 19.4. The first-order valence-electron chi connectivity index (χ1n) is 8.70. The molecule has 1 heterocycles. The van der Waals surface area contributed by atoms with Gasteiger partial charge < -0.3 is 20.7 Å². The lowest BCUT2D eigenvalue weighted by molar-refractivity contribution is -0.128. The molecule has 1 saturated heterocycles. The van der Waals surface area contributed by atoms with E-state index in [1.807, 2.05) is 42.5 Å². The third-order valence-corrected chi connectivity index (χ3v) is 4.54. The molecule has 0 aliphatic carbocycles. The van der Waals surface area contributed by atoms with Gasteiger partial charge in [-0.2, -0.15) is 0 Å². The van der Waals surface area contributed by atoms with Crippen LogP contribution >= 0.6 is 0 Å². The lowest BCUT2D eigenvalue weighted by atomic mass is 9.98. The van der Waals surface area contributed by atoms with Crippen molar-refractivity contribution < 1.29 is 19.1 Å². The number of hydrogen-bond acceptors (Lipinski definition) is 4. The average molecular weight is 367 g/mol. The van der Waals surface area contributed by atoms with Crippen molar-refractivity contribution in [3.8, 4) is 11.1 Å². The number of nitrogens with two attached hydrogens (primary N) is 1. The van der Waals surface area contributed by atoms with Crippen molar-refractivity contribution in [1.82, 2.24) is 5.32 Å². The number of carbonyl (C=O) groups excluding carboxylic acids is 3. The highest BCUT2D eigenvalue weighted by atomic mass is 16.6. The molecule has 0 bridgehead atoms. The van der Waals surface area contributed by atoms with E-state index in [-0.39, 0.29) is 11.8 Å². The summed E-state index contributed by atoms with van der Waals surface area (Å²) in [5, 5.41) is 2.64. The van der Waals surface area contributed by atoms with Crippen LogP contribution in [0, 0.1) is 0 Å². The molecule has 0 spiro atoms. The Morgan fingerprint density at radius 1 is 1.15 bits per heavy atom. The summed E-state index contributed by atoms with van der Waals surface area (Å²) in [6.45, 7) is 0.547. The van der Waals surface area contributed by atoms with Crippen molar-refractivity contribution in [2.24, 2.45) is 5.73 Å². The lowest BCUT2D eigenvalue weighted by Gasteiger charge is -2.31. The van der Waals surface area contributed by atoms with Crippen molar-refractivity contribution in [2.45, 2.75) is 18.9 Å². The molecule has 0 aromatic heterocycles. The maximum Gasteiger partial charge on any atom is 0.405 e. The second-order valence-electron chi connectivity index (χ2n) is 6.23. The molecule has 3 rings (SSSR count). The zero-order valence-corrected chi connectivity index (χ0v) is 15.0. The predicted octanol–water partition coefficient (Wildman–Crippen LogP) is 2.30. The van der Waals surface area contributed by atoms with Crippen LogP contribution in [0.1, 0.15) is 23.2 Å². The molecular weight excluding hydrogens is 346 g/mol. The smallest absolute Gasteiger partial charge is 0.405 e. The first-order chi connectivity index (χ1) is 13.0. The van der Waals surface area contributed by atoms with Gasteiger partial charge in [0.15, 0.2) is 6.10 Å².